The lowest BCUT2D eigenvalue weighted by molar-refractivity contribution is -0.117. The fourth-order valence-electron chi connectivity index (χ4n) is 2.93. The van der Waals surface area contributed by atoms with E-state index in [1.54, 1.807) is 12.1 Å². The number of hydrogen-bond acceptors (Lipinski definition) is 8. The average molecular weight is 489 g/mol. The number of nitrogens with one attached hydrogen (secondary N) is 1. The van der Waals surface area contributed by atoms with E-state index in [2.05, 4.69) is 15.2 Å². The van der Waals surface area contributed by atoms with Crippen LogP contribution in [-0.2, 0) is 14.8 Å². The molecule has 2 aromatic heterocycles. The fourth-order valence-corrected chi connectivity index (χ4v) is 4.95. The third kappa shape index (κ3) is 4.72. The van der Waals surface area contributed by atoms with Gasteiger partial charge in [0.15, 0.2) is 0 Å². The van der Waals surface area contributed by atoms with Crippen molar-refractivity contribution < 1.29 is 17.6 Å². The summed E-state index contributed by atoms with van der Waals surface area (Å²) in [6.07, 6.45) is 0. The number of carbonyl (C=O) groups is 1. The predicted molar refractivity (Wildman–Crippen MR) is 123 cm³/mol. The van der Waals surface area contributed by atoms with Crippen LogP contribution in [0.25, 0.3) is 21.5 Å². The third-order valence-corrected chi connectivity index (χ3v) is 7.11. The van der Waals surface area contributed by atoms with Gasteiger partial charge in [-0.05, 0) is 49.4 Å². The summed E-state index contributed by atoms with van der Waals surface area (Å²) < 4.78 is 33.4. The molecule has 8 nitrogen and oxygen atoms in total. The van der Waals surface area contributed by atoms with E-state index in [0.29, 0.717) is 27.2 Å². The quantitative estimate of drug-likeness (QED) is 0.340. The molecule has 0 aliphatic carbocycles. The number of carbonyl (C=O) groups excluding carboxylic acids is 1. The van der Waals surface area contributed by atoms with Gasteiger partial charge in [0.2, 0.25) is 11.0 Å². The van der Waals surface area contributed by atoms with Crippen molar-refractivity contribution in [2.75, 3.05) is 0 Å². The standard InChI is InChI=1S/C21H17ClN4O4S2/c1-12(24-25-21-23-17-5-3-4-6-20(17)31-21)18-9-10-19(30-18)15-11-14(7-8-16(15)22)32(28,29)26-13(2)27/h3-12H,1-2H3,(H,26,27). The number of benzene rings is 2. The second-order valence-electron chi connectivity index (χ2n) is 6.86. The molecule has 4 rings (SSSR count). The first-order valence-electron chi connectivity index (χ1n) is 9.42. The number of rotatable bonds is 6. The molecular weight excluding hydrogens is 472 g/mol. The maximum absolute atomic E-state index is 12.3. The van der Waals surface area contributed by atoms with Crippen LogP contribution in [0.3, 0.4) is 0 Å². The number of para-hydroxylation sites is 1. The van der Waals surface area contributed by atoms with Crippen LogP contribution in [-0.4, -0.2) is 19.3 Å². The maximum atomic E-state index is 12.3. The van der Waals surface area contributed by atoms with Crippen molar-refractivity contribution >= 4 is 54.2 Å². The van der Waals surface area contributed by atoms with Gasteiger partial charge in [-0.3, -0.25) is 4.79 Å². The first kappa shape index (κ1) is 22.1. The van der Waals surface area contributed by atoms with E-state index in [1.807, 2.05) is 35.9 Å². The lowest BCUT2D eigenvalue weighted by atomic mass is 10.2. The molecule has 0 fully saturated rings. The SMILES string of the molecule is CC(=O)NS(=O)(=O)c1ccc(Cl)c(-c2ccc(C(C)N=Nc3nc4ccccc4s3)o2)c1. The van der Waals surface area contributed by atoms with E-state index in [9.17, 15) is 13.2 Å². The normalized spacial score (nSPS) is 13.0. The van der Waals surface area contributed by atoms with Gasteiger partial charge in [-0.1, -0.05) is 35.1 Å². The minimum atomic E-state index is -4.01. The molecule has 2 heterocycles. The Morgan fingerprint density at radius 1 is 1.19 bits per heavy atom. The fraction of sp³-hybridized carbons (Fsp3) is 0.143. The van der Waals surface area contributed by atoms with Crippen molar-refractivity contribution in [2.24, 2.45) is 10.2 Å². The second kappa shape index (κ2) is 8.81. The van der Waals surface area contributed by atoms with Crippen LogP contribution in [0.4, 0.5) is 5.13 Å². The van der Waals surface area contributed by atoms with Gasteiger partial charge in [-0.15, -0.1) is 5.11 Å². The predicted octanol–water partition coefficient (Wildman–Crippen LogP) is 5.88. The Morgan fingerprint density at radius 3 is 2.72 bits per heavy atom. The Morgan fingerprint density at radius 2 is 1.97 bits per heavy atom. The zero-order valence-electron chi connectivity index (χ0n) is 16.9. The average Bonchev–Trinajstić information content (AvgIpc) is 3.38. The highest BCUT2D eigenvalue weighted by Crippen LogP contribution is 2.34. The van der Waals surface area contributed by atoms with Gasteiger partial charge in [0.05, 0.1) is 20.1 Å². The Kier molecular flexibility index (Phi) is 6.09. The molecule has 164 valence electrons. The maximum Gasteiger partial charge on any atom is 0.264 e. The molecule has 0 aliphatic rings. The summed E-state index contributed by atoms with van der Waals surface area (Å²) in [5, 5.41) is 9.35. The van der Waals surface area contributed by atoms with Crippen molar-refractivity contribution in [3.05, 3.63) is 65.4 Å². The number of nitrogens with zero attached hydrogens (tertiary/aromatic N) is 3. The number of azo groups is 1. The summed E-state index contributed by atoms with van der Waals surface area (Å²) in [5.74, 6) is 0.206. The van der Waals surface area contributed by atoms with Crippen LogP contribution in [0.1, 0.15) is 25.6 Å². The minimum Gasteiger partial charge on any atom is -0.459 e. The Balaban J connectivity index is 1.58. The zero-order valence-corrected chi connectivity index (χ0v) is 19.3. The van der Waals surface area contributed by atoms with Crippen LogP contribution < -0.4 is 4.72 Å². The molecule has 0 saturated heterocycles. The van der Waals surface area contributed by atoms with E-state index in [0.717, 1.165) is 17.1 Å². The highest BCUT2D eigenvalue weighted by Gasteiger charge is 2.19. The molecule has 1 N–H and O–H groups in total. The molecule has 11 heteroatoms. The number of thiazole rings is 1. The molecule has 32 heavy (non-hydrogen) atoms. The van der Waals surface area contributed by atoms with Crippen LogP contribution in [0, 0.1) is 0 Å². The molecule has 1 amide bonds. The number of furan rings is 1. The summed E-state index contributed by atoms with van der Waals surface area (Å²) in [6, 6.07) is 14.8. The van der Waals surface area contributed by atoms with Crippen LogP contribution in [0.15, 0.2) is 74.1 Å². The Bertz CT molecular complexity index is 1410. The smallest absolute Gasteiger partial charge is 0.264 e. The molecule has 1 unspecified atom stereocenters. The summed E-state index contributed by atoms with van der Waals surface area (Å²) in [6.45, 7) is 2.94. The molecule has 0 bridgehead atoms. The van der Waals surface area contributed by atoms with Crippen molar-refractivity contribution in [1.29, 1.82) is 0 Å². The van der Waals surface area contributed by atoms with E-state index in [-0.39, 0.29) is 4.90 Å². The number of amides is 1. The van der Waals surface area contributed by atoms with Crippen molar-refractivity contribution in [3.8, 4) is 11.3 Å². The minimum absolute atomic E-state index is 0.103. The Hall–Kier alpha value is -3.08. The highest BCUT2D eigenvalue weighted by atomic mass is 35.5. The van der Waals surface area contributed by atoms with Crippen molar-refractivity contribution in [2.45, 2.75) is 24.8 Å². The number of halogens is 1. The lowest BCUT2D eigenvalue weighted by Gasteiger charge is -2.08. The Labute approximate surface area is 193 Å². The molecular formula is C21H17ClN4O4S2. The van der Waals surface area contributed by atoms with E-state index < -0.39 is 22.0 Å². The second-order valence-corrected chi connectivity index (χ2v) is 9.96. The summed E-state index contributed by atoms with van der Waals surface area (Å²) >= 11 is 7.70. The molecule has 0 aliphatic heterocycles. The topological polar surface area (TPSA) is 114 Å². The van der Waals surface area contributed by atoms with Crippen molar-refractivity contribution in [1.82, 2.24) is 9.71 Å². The zero-order chi connectivity index (χ0) is 22.9. The summed E-state index contributed by atoms with van der Waals surface area (Å²) in [4.78, 5) is 15.5. The van der Waals surface area contributed by atoms with Gasteiger partial charge in [-0.25, -0.2) is 18.1 Å². The van der Waals surface area contributed by atoms with E-state index in [1.165, 1.54) is 29.5 Å². The number of fused-ring (bicyclic) bond motifs is 1. The van der Waals surface area contributed by atoms with Crippen molar-refractivity contribution in [3.63, 3.8) is 0 Å². The number of hydrogen-bond donors (Lipinski definition) is 1. The van der Waals surface area contributed by atoms with Gasteiger partial charge < -0.3 is 4.42 Å². The van der Waals surface area contributed by atoms with Gasteiger partial charge in [0.1, 0.15) is 17.6 Å². The largest absolute Gasteiger partial charge is 0.459 e. The third-order valence-electron chi connectivity index (χ3n) is 4.43. The molecule has 0 spiro atoms. The lowest BCUT2D eigenvalue weighted by Crippen LogP contribution is -2.28. The first-order chi connectivity index (χ1) is 15.2. The van der Waals surface area contributed by atoms with Gasteiger partial charge >= 0.3 is 0 Å². The molecule has 4 aromatic rings. The molecule has 2 aromatic carbocycles. The van der Waals surface area contributed by atoms with Gasteiger partial charge in [-0.2, -0.15) is 5.11 Å². The number of sulfonamides is 1. The summed E-state index contributed by atoms with van der Waals surface area (Å²) in [7, 11) is -4.01. The molecule has 0 saturated carbocycles. The molecule has 1 atom stereocenters. The van der Waals surface area contributed by atoms with E-state index >= 15 is 0 Å². The van der Waals surface area contributed by atoms with E-state index in [4.69, 9.17) is 16.0 Å². The summed E-state index contributed by atoms with van der Waals surface area (Å²) in [5.41, 5.74) is 1.24. The first-order valence-corrected chi connectivity index (χ1v) is 12.1. The molecule has 0 radical (unpaired) electrons. The van der Waals surface area contributed by atoms with Crippen LogP contribution in [0.5, 0.6) is 0 Å². The van der Waals surface area contributed by atoms with Gasteiger partial charge in [0.25, 0.3) is 10.0 Å². The highest BCUT2D eigenvalue weighted by molar-refractivity contribution is 7.90. The monoisotopic (exact) mass is 488 g/mol. The van der Waals surface area contributed by atoms with Crippen LogP contribution >= 0.6 is 22.9 Å². The van der Waals surface area contributed by atoms with Crippen LogP contribution in [0.2, 0.25) is 5.02 Å². The van der Waals surface area contributed by atoms with Gasteiger partial charge in [0, 0.05) is 12.5 Å². The number of aromatic nitrogens is 1.